The Labute approximate surface area is 178 Å². The van der Waals surface area contributed by atoms with Crippen LogP contribution in [0.25, 0.3) is 29.2 Å². The Kier molecular flexibility index (Phi) is 4.99. The molecule has 3 aromatic rings. The first-order valence-electron chi connectivity index (χ1n) is 10.3. The molecule has 1 aliphatic rings. The summed E-state index contributed by atoms with van der Waals surface area (Å²) in [6.45, 7) is 19.0. The van der Waals surface area contributed by atoms with Crippen molar-refractivity contribution in [2.75, 3.05) is 0 Å². The number of furan rings is 1. The van der Waals surface area contributed by atoms with Crippen LogP contribution in [0.2, 0.25) is 0 Å². The van der Waals surface area contributed by atoms with Crippen LogP contribution < -0.4 is 10.6 Å². The lowest BCUT2D eigenvalue weighted by atomic mass is 9.75. The fraction of sp³-hybridized carbons (Fsp3) is 0.172. The van der Waals surface area contributed by atoms with Gasteiger partial charge in [-0.1, -0.05) is 93.8 Å². The van der Waals surface area contributed by atoms with Gasteiger partial charge in [0.1, 0.15) is 11.0 Å². The monoisotopic (exact) mass is 392 g/mol. The highest BCUT2D eigenvalue weighted by molar-refractivity contribution is 5.86. The third-order valence-electron chi connectivity index (χ3n) is 6.13. The van der Waals surface area contributed by atoms with Gasteiger partial charge in [0, 0.05) is 16.0 Å². The van der Waals surface area contributed by atoms with Crippen molar-refractivity contribution in [2.45, 2.75) is 32.6 Å². The molecule has 0 atom stereocenters. The predicted octanol–water partition coefficient (Wildman–Crippen LogP) is 6.15. The summed E-state index contributed by atoms with van der Waals surface area (Å²) in [5, 5.41) is 2.04. The topological polar surface area (TPSA) is 13.1 Å². The lowest BCUT2D eigenvalue weighted by Gasteiger charge is -2.29. The molecule has 0 bridgehead atoms. The first-order chi connectivity index (χ1) is 14.3. The Morgan fingerprint density at radius 3 is 2.63 bits per heavy atom. The lowest BCUT2D eigenvalue weighted by molar-refractivity contribution is 0.577. The van der Waals surface area contributed by atoms with Crippen LogP contribution in [-0.2, 0) is 11.8 Å². The van der Waals surface area contributed by atoms with E-state index in [1.165, 1.54) is 16.7 Å². The van der Waals surface area contributed by atoms with Gasteiger partial charge in [-0.15, -0.1) is 0 Å². The van der Waals surface area contributed by atoms with Crippen LogP contribution in [0.1, 0.15) is 36.1 Å². The Bertz CT molecular complexity index is 1340. The molecule has 1 heterocycles. The molecule has 4 rings (SSSR count). The lowest BCUT2D eigenvalue weighted by Crippen LogP contribution is -2.21. The molecule has 0 amide bonds. The Morgan fingerprint density at radius 2 is 1.87 bits per heavy atom. The minimum atomic E-state index is -0.153. The highest BCUT2D eigenvalue weighted by Crippen LogP contribution is 2.37. The third kappa shape index (κ3) is 3.41. The maximum atomic E-state index is 5.93. The van der Waals surface area contributed by atoms with Gasteiger partial charge in [-0.2, -0.15) is 0 Å². The zero-order chi connectivity index (χ0) is 21.5. The van der Waals surface area contributed by atoms with Crippen molar-refractivity contribution in [3.05, 3.63) is 112 Å². The van der Waals surface area contributed by atoms with Gasteiger partial charge in [-0.25, -0.2) is 0 Å². The number of hydrogen-bond acceptors (Lipinski definition) is 1. The summed E-state index contributed by atoms with van der Waals surface area (Å²) < 4.78 is 5.93. The quantitative estimate of drug-likeness (QED) is 0.510. The maximum Gasteiger partial charge on any atom is 0.136 e. The summed E-state index contributed by atoms with van der Waals surface area (Å²) in [5.41, 5.74) is 8.66. The number of rotatable bonds is 2. The van der Waals surface area contributed by atoms with Gasteiger partial charge < -0.3 is 4.42 Å². The van der Waals surface area contributed by atoms with E-state index in [4.69, 9.17) is 4.42 Å². The van der Waals surface area contributed by atoms with Crippen LogP contribution >= 0.6 is 0 Å². The number of aryl methyl sites for hydroxylation is 1. The van der Waals surface area contributed by atoms with Crippen molar-refractivity contribution in [2.24, 2.45) is 0 Å². The van der Waals surface area contributed by atoms with Crippen LogP contribution in [0.3, 0.4) is 0 Å². The van der Waals surface area contributed by atoms with E-state index in [9.17, 15) is 0 Å². The van der Waals surface area contributed by atoms with Crippen molar-refractivity contribution < 1.29 is 4.42 Å². The summed E-state index contributed by atoms with van der Waals surface area (Å²) in [5.74, 6) is 0. The molecule has 0 saturated heterocycles. The van der Waals surface area contributed by atoms with Crippen LogP contribution in [0.4, 0.5) is 0 Å². The number of benzene rings is 2. The fourth-order valence-electron chi connectivity index (χ4n) is 4.18. The molecular formula is C29H28O. The molecule has 1 aliphatic carbocycles. The van der Waals surface area contributed by atoms with E-state index in [-0.39, 0.29) is 5.41 Å². The standard InChI is InChI=1S/C29H28O/c1-7-9-25-21(4)30-28-18-24(14-15-26(25)28)23-11-8-10-22-13-12-19(2)16-27(22)29(5,6)20(3)17-23/h7-9,11-18H,1,3-4,10H2,2,5-6H3/b11-8-,23-17+,25-9+. The minimum absolute atomic E-state index is 0.153. The smallest absolute Gasteiger partial charge is 0.136 e. The van der Waals surface area contributed by atoms with Crippen molar-refractivity contribution in [3.8, 4) is 0 Å². The van der Waals surface area contributed by atoms with Gasteiger partial charge in [-0.05, 0) is 53.3 Å². The maximum absolute atomic E-state index is 5.93. The summed E-state index contributed by atoms with van der Waals surface area (Å²) in [6.07, 6.45) is 11.2. The molecule has 150 valence electrons. The normalized spacial score (nSPS) is 19.4. The summed E-state index contributed by atoms with van der Waals surface area (Å²) in [6, 6.07) is 13.1. The molecule has 1 nitrogen and oxygen atoms in total. The van der Waals surface area contributed by atoms with E-state index in [2.05, 4.69) is 95.1 Å². The fourth-order valence-corrected chi connectivity index (χ4v) is 4.18. The highest BCUT2D eigenvalue weighted by atomic mass is 16.3. The molecule has 1 aromatic heterocycles. The van der Waals surface area contributed by atoms with Crippen LogP contribution in [0, 0.1) is 6.92 Å². The molecule has 2 aromatic carbocycles. The van der Waals surface area contributed by atoms with Gasteiger partial charge in [0.05, 0.1) is 0 Å². The molecule has 30 heavy (non-hydrogen) atoms. The van der Waals surface area contributed by atoms with E-state index in [1.807, 2.05) is 6.08 Å². The molecular weight excluding hydrogens is 364 g/mol. The Morgan fingerprint density at radius 1 is 1.07 bits per heavy atom. The summed E-state index contributed by atoms with van der Waals surface area (Å²) in [4.78, 5) is 0. The number of fused-ring (bicyclic) bond motifs is 2. The summed E-state index contributed by atoms with van der Waals surface area (Å²) in [7, 11) is 0. The minimum Gasteiger partial charge on any atom is -0.457 e. The average molecular weight is 393 g/mol. The average Bonchev–Trinajstić information content (AvgIpc) is 3.03. The Balaban J connectivity index is 1.85. The highest BCUT2D eigenvalue weighted by Gasteiger charge is 2.26. The van der Waals surface area contributed by atoms with E-state index in [1.54, 1.807) is 6.08 Å². The van der Waals surface area contributed by atoms with E-state index in [0.717, 1.165) is 39.3 Å². The van der Waals surface area contributed by atoms with E-state index < -0.39 is 0 Å². The van der Waals surface area contributed by atoms with Crippen LogP contribution in [0.15, 0.2) is 83.9 Å². The van der Waals surface area contributed by atoms with Gasteiger partial charge >= 0.3 is 0 Å². The second-order valence-electron chi connectivity index (χ2n) is 8.57. The molecule has 0 unspecified atom stereocenters. The van der Waals surface area contributed by atoms with E-state index in [0.29, 0.717) is 5.42 Å². The first-order valence-corrected chi connectivity index (χ1v) is 10.3. The van der Waals surface area contributed by atoms with Gasteiger partial charge in [-0.3, -0.25) is 0 Å². The van der Waals surface area contributed by atoms with Crippen molar-refractivity contribution in [1.29, 1.82) is 0 Å². The van der Waals surface area contributed by atoms with Crippen molar-refractivity contribution in [1.82, 2.24) is 0 Å². The SMILES string of the molecule is C=C/C=c1\c(=C)oc2cc(C3=C/C(=C)C(C)(C)c4cc(C)ccc4C/C=C\3)ccc12. The molecule has 0 N–H and O–H groups in total. The van der Waals surface area contributed by atoms with Gasteiger partial charge in [0.25, 0.3) is 0 Å². The molecule has 0 radical (unpaired) electrons. The molecule has 1 heteroatoms. The van der Waals surface area contributed by atoms with Crippen LogP contribution in [-0.4, -0.2) is 0 Å². The number of allylic oxidation sites excluding steroid dienone is 6. The molecule has 0 spiro atoms. The predicted molar refractivity (Wildman–Crippen MR) is 130 cm³/mol. The molecule has 0 aliphatic heterocycles. The summed E-state index contributed by atoms with van der Waals surface area (Å²) >= 11 is 0. The van der Waals surface area contributed by atoms with Crippen molar-refractivity contribution in [3.63, 3.8) is 0 Å². The second-order valence-corrected chi connectivity index (χ2v) is 8.57. The second kappa shape index (κ2) is 7.50. The zero-order valence-electron chi connectivity index (χ0n) is 18.1. The van der Waals surface area contributed by atoms with Gasteiger partial charge in [0.15, 0.2) is 0 Å². The Hall–Kier alpha value is -3.32. The first kappa shape index (κ1) is 20.0. The van der Waals surface area contributed by atoms with Crippen LogP contribution in [0.5, 0.6) is 0 Å². The molecule has 0 saturated carbocycles. The van der Waals surface area contributed by atoms with E-state index >= 15 is 0 Å². The third-order valence-corrected chi connectivity index (χ3v) is 6.13. The zero-order valence-corrected chi connectivity index (χ0v) is 18.1. The van der Waals surface area contributed by atoms with Gasteiger partial charge in [0.2, 0.25) is 0 Å². The van der Waals surface area contributed by atoms with Crippen molar-refractivity contribution >= 4 is 29.2 Å². The largest absolute Gasteiger partial charge is 0.457 e. The number of hydrogen-bond donors (Lipinski definition) is 0. The molecule has 0 fully saturated rings.